The van der Waals surface area contributed by atoms with Crippen LogP contribution < -0.4 is 9.86 Å². The molecular formula is C18H16F3N3O5S2. The van der Waals surface area contributed by atoms with E-state index in [1.165, 1.54) is 30.3 Å². The quantitative estimate of drug-likeness (QED) is 0.562. The third-order valence-electron chi connectivity index (χ3n) is 4.26. The molecule has 8 nitrogen and oxygen atoms in total. The maximum absolute atomic E-state index is 12.9. The molecular weight excluding hydrogens is 459 g/mol. The lowest BCUT2D eigenvalue weighted by Gasteiger charge is -2.13. The smallest absolute Gasteiger partial charge is 0.351 e. The zero-order valence-electron chi connectivity index (χ0n) is 15.8. The lowest BCUT2D eigenvalue weighted by molar-refractivity contribution is -0.155. The second-order valence-electron chi connectivity index (χ2n) is 6.43. The number of nitrogens with one attached hydrogen (secondary N) is 1. The summed E-state index contributed by atoms with van der Waals surface area (Å²) in [5.41, 5.74) is 0.419. The molecule has 0 unspecified atom stereocenters. The normalized spacial score (nSPS) is 12.7. The summed E-state index contributed by atoms with van der Waals surface area (Å²) >= 11 is 0. The van der Waals surface area contributed by atoms with Gasteiger partial charge in [0.05, 0.1) is 9.79 Å². The van der Waals surface area contributed by atoms with Crippen molar-refractivity contribution >= 4 is 25.7 Å². The van der Waals surface area contributed by atoms with Crippen LogP contribution in [0.15, 0.2) is 62.8 Å². The first-order valence-electron chi connectivity index (χ1n) is 8.64. The van der Waals surface area contributed by atoms with E-state index in [4.69, 9.17) is 5.14 Å². The molecule has 3 aromatic rings. The highest BCUT2D eigenvalue weighted by molar-refractivity contribution is 7.92. The molecule has 0 spiro atoms. The number of alkyl halides is 3. The molecule has 0 aliphatic rings. The van der Waals surface area contributed by atoms with Gasteiger partial charge < -0.3 is 4.52 Å². The fourth-order valence-corrected chi connectivity index (χ4v) is 4.64. The summed E-state index contributed by atoms with van der Waals surface area (Å²) in [6.07, 6.45) is -4.40. The van der Waals surface area contributed by atoms with E-state index in [1.807, 2.05) is 0 Å². The molecule has 13 heteroatoms. The Bertz CT molecular complexity index is 1320. The van der Waals surface area contributed by atoms with Gasteiger partial charge in [0.2, 0.25) is 15.8 Å². The van der Waals surface area contributed by atoms with Crippen molar-refractivity contribution in [2.24, 2.45) is 5.14 Å². The number of nitrogens with zero attached hydrogens (tertiary/aromatic N) is 1. The molecule has 2 aromatic carbocycles. The van der Waals surface area contributed by atoms with E-state index >= 15 is 0 Å². The molecule has 166 valence electrons. The van der Waals surface area contributed by atoms with E-state index in [-0.39, 0.29) is 26.7 Å². The minimum absolute atomic E-state index is 0.0700. The summed E-state index contributed by atoms with van der Waals surface area (Å²) in [6, 6.07) is 9.50. The van der Waals surface area contributed by atoms with Crippen LogP contribution in [0, 0.1) is 0 Å². The SMILES string of the molecule is CCc1ccc(-c2cc(C(F)(F)F)on2)cc1S(=O)(=O)Nc1ccc(S(N)(=O)=O)cc1. The maximum Gasteiger partial charge on any atom is 0.452 e. The van der Waals surface area contributed by atoms with E-state index in [0.29, 0.717) is 18.1 Å². The number of aryl methyl sites for hydroxylation is 1. The molecule has 3 rings (SSSR count). The molecule has 3 N–H and O–H groups in total. The van der Waals surface area contributed by atoms with Gasteiger partial charge in [0.1, 0.15) is 5.69 Å². The van der Waals surface area contributed by atoms with Crippen molar-refractivity contribution in [2.45, 2.75) is 29.3 Å². The fraction of sp³-hybridized carbons (Fsp3) is 0.167. The van der Waals surface area contributed by atoms with Crippen molar-refractivity contribution in [2.75, 3.05) is 4.72 Å². The highest BCUT2D eigenvalue weighted by Gasteiger charge is 2.36. The van der Waals surface area contributed by atoms with Gasteiger partial charge in [0.15, 0.2) is 0 Å². The molecule has 0 saturated carbocycles. The van der Waals surface area contributed by atoms with E-state index in [0.717, 1.165) is 12.1 Å². The van der Waals surface area contributed by atoms with Crippen LogP contribution in [0.1, 0.15) is 18.2 Å². The Labute approximate surface area is 176 Å². The summed E-state index contributed by atoms with van der Waals surface area (Å²) < 4.78 is 93.4. The molecule has 1 heterocycles. The van der Waals surface area contributed by atoms with Crippen LogP contribution >= 0.6 is 0 Å². The predicted molar refractivity (Wildman–Crippen MR) is 105 cm³/mol. The monoisotopic (exact) mass is 475 g/mol. The number of primary sulfonamides is 1. The molecule has 1 aromatic heterocycles. The molecule has 0 saturated heterocycles. The largest absolute Gasteiger partial charge is 0.452 e. The van der Waals surface area contributed by atoms with Gasteiger partial charge in [-0.2, -0.15) is 13.2 Å². The van der Waals surface area contributed by atoms with Gasteiger partial charge in [0, 0.05) is 17.3 Å². The maximum atomic E-state index is 12.9. The van der Waals surface area contributed by atoms with Crippen LogP contribution in [0.3, 0.4) is 0 Å². The van der Waals surface area contributed by atoms with E-state index in [9.17, 15) is 30.0 Å². The molecule has 0 amide bonds. The topological polar surface area (TPSA) is 132 Å². The first-order chi connectivity index (χ1) is 14.3. The van der Waals surface area contributed by atoms with Crippen molar-refractivity contribution in [3.05, 3.63) is 59.9 Å². The lowest BCUT2D eigenvalue weighted by atomic mass is 10.1. The van der Waals surface area contributed by atoms with Crippen LogP contribution in [-0.4, -0.2) is 22.0 Å². The number of sulfonamides is 2. The average molecular weight is 475 g/mol. The van der Waals surface area contributed by atoms with Crippen LogP contribution in [0.25, 0.3) is 11.3 Å². The molecule has 0 bridgehead atoms. The summed E-state index contributed by atoms with van der Waals surface area (Å²) in [7, 11) is -8.11. The van der Waals surface area contributed by atoms with Gasteiger partial charge in [-0.05, 0) is 42.3 Å². The number of nitrogens with two attached hydrogens (primary N) is 1. The number of halogens is 3. The Balaban J connectivity index is 1.98. The lowest BCUT2D eigenvalue weighted by Crippen LogP contribution is -2.16. The van der Waals surface area contributed by atoms with Crippen molar-refractivity contribution in [3.8, 4) is 11.3 Å². The number of anilines is 1. The highest BCUT2D eigenvalue weighted by atomic mass is 32.2. The van der Waals surface area contributed by atoms with Crippen molar-refractivity contribution in [1.82, 2.24) is 5.16 Å². The molecule has 0 atom stereocenters. The second-order valence-corrected chi connectivity index (χ2v) is 9.64. The van der Waals surface area contributed by atoms with Crippen LogP contribution in [0.4, 0.5) is 18.9 Å². The number of aromatic nitrogens is 1. The summed E-state index contributed by atoms with van der Waals surface area (Å²) in [5.74, 6) is -1.31. The first-order valence-corrected chi connectivity index (χ1v) is 11.7. The van der Waals surface area contributed by atoms with Crippen molar-refractivity contribution in [3.63, 3.8) is 0 Å². The van der Waals surface area contributed by atoms with Gasteiger partial charge in [-0.15, -0.1) is 0 Å². The molecule has 0 aliphatic heterocycles. The second kappa shape index (κ2) is 7.98. The van der Waals surface area contributed by atoms with Gasteiger partial charge in [0.25, 0.3) is 10.0 Å². The summed E-state index contributed by atoms with van der Waals surface area (Å²) in [5, 5.41) is 8.38. The van der Waals surface area contributed by atoms with Crippen molar-refractivity contribution < 1.29 is 34.5 Å². The van der Waals surface area contributed by atoms with Crippen LogP contribution in [-0.2, 0) is 32.6 Å². The van der Waals surface area contributed by atoms with Gasteiger partial charge >= 0.3 is 6.18 Å². The number of benzene rings is 2. The number of hydrogen-bond donors (Lipinski definition) is 2. The Kier molecular flexibility index (Phi) is 5.86. The molecule has 0 aliphatic carbocycles. The fourth-order valence-electron chi connectivity index (χ4n) is 2.72. The number of rotatable bonds is 6. The third-order valence-corrected chi connectivity index (χ3v) is 6.65. The molecule has 31 heavy (non-hydrogen) atoms. The standard InChI is InChI=1S/C18H16F3N3O5S2/c1-2-11-3-4-12(15-10-17(29-23-15)18(19,20)21)9-16(11)31(27,28)24-13-5-7-14(8-6-13)30(22,25)26/h3-10,24H,2H2,1H3,(H2,22,25,26). The van der Waals surface area contributed by atoms with Gasteiger partial charge in [-0.25, -0.2) is 22.0 Å². The summed E-state index contributed by atoms with van der Waals surface area (Å²) in [6.45, 7) is 1.72. The molecule has 0 radical (unpaired) electrons. The zero-order chi connectivity index (χ0) is 23.0. The zero-order valence-corrected chi connectivity index (χ0v) is 17.5. The average Bonchev–Trinajstić information content (AvgIpc) is 3.17. The van der Waals surface area contributed by atoms with E-state index in [2.05, 4.69) is 14.4 Å². The predicted octanol–water partition coefficient (Wildman–Crippen LogP) is 3.37. The first kappa shape index (κ1) is 22.8. The third kappa shape index (κ3) is 5.06. The Morgan fingerprint density at radius 1 is 1.03 bits per heavy atom. The van der Waals surface area contributed by atoms with Gasteiger partial charge in [-0.3, -0.25) is 4.72 Å². The van der Waals surface area contributed by atoms with Gasteiger partial charge in [-0.1, -0.05) is 24.2 Å². The van der Waals surface area contributed by atoms with E-state index < -0.39 is 32.0 Å². The minimum Gasteiger partial charge on any atom is -0.351 e. The molecule has 0 fully saturated rings. The summed E-state index contributed by atoms with van der Waals surface area (Å²) in [4.78, 5) is -0.363. The number of hydrogen-bond acceptors (Lipinski definition) is 6. The highest BCUT2D eigenvalue weighted by Crippen LogP contribution is 2.33. The Morgan fingerprint density at radius 3 is 2.19 bits per heavy atom. The Morgan fingerprint density at radius 2 is 1.68 bits per heavy atom. The minimum atomic E-state index is -4.73. The Hall–Kier alpha value is -2.90. The van der Waals surface area contributed by atoms with Crippen LogP contribution in [0.5, 0.6) is 0 Å². The van der Waals surface area contributed by atoms with Crippen LogP contribution in [0.2, 0.25) is 0 Å². The van der Waals surface area contributed by atoms with E-state index in [1.54, 1.807) is 6.92 Å². The van der Waals surface area contributed by atoms with Crippen molar-refractivity contribution in [1.29, 1.82) is 0 Å².